The van der Waals surface area contributed by atoms with E-state index >= 15 is 0 Å². The topological polar surface area (TPSA) is 39.7 Å². The average molecular weight is 371 g/mol. The molecule has 0 radical (unpaired) electrons. The fourth-order valence-corrected chi connectivity index (χ4v) is 3.67. The molecule has 1 fully saturated rings. The second kappa shape index (κ2) is 9.50. The van der Waals surface area contributed by atoms with Gasteiger partial charge in [-0.15, -0.1) is 0 Å². The summed E-state index contributed by atoms with van der Waals surface area (Å²) in [6, 6.07) is 5.66. The smallest absolute Gasteiger partial charge is 0.191 e. The van der Waals surface area contributed by atoms with E-state index in [1.54, 1.807) is 6.07 Å². The van der Waals surface area contributed by atoms with E-state index in [-0.39, 0.29) is 6.04 Å². The van der Waals surface area contributed by atoms with Gasteiger partial charge in [-0.3, -0.25) is 4.99 Å². The van der Waals surface area contributed by atoms with Gasteiger partial charge >= 0.3 is 0 Å². The van der Waals surface area contributed by atoms with Crippen molar-refractivity contribution in [2.24, 2.45) is 10.9 Å². The van der Waals surface area contributed by atoms with Crippen molar-refractivity contribution in [2.75, 3.05) is 33.2 Å². The van der Waals surface area contributed by atoms with Crippen molar-refractivity contribution in [3.8, 4) is 0 Å². The van der Waals surface area contributed by atoms with Gasteiger partial charge in [0.05, 0.1) is 6.04 Å². The van der Waals surface area contributed by atoms with Crippen LogP contribution in [0.1, 0.15) is 38.3 Å². The summed E-state index contributed by atoms with van der Waals surface area (Å²) in [4.78, 5) is 7.17. The molecular weight excluding hydrogens is 343 g/mol. The number of guanidine groups is 1. The normalized spacial score (nSPS) is 20.7. The number of piperidine rings is 1. The molecule has 6 heteroatoms. The molecule has 0 aliphatic carbocycles. The molecule has 1 aromatic carbocycles. The Balaban J connectivity index is 1.99. The molecule has 1 saturated heterocycles. The van der Waals surface area contributed by atoms with Crippen molar-refractivity contribution in [3.63, 3.8) is 0 Å². The summed E-state index contributed by atoms with van der Waals surface area (Å²) in [6.45, 7) is 8.16. The lowest BCUT2D eigenvalue weighted by Crippen LogP contribution is -2.40. The van der Waals surface area contributed by atoms with E-state index in [1.807, 2.05) is 12.1 Å². The van der Waals surface area contributed by atoms with Gasteiger partial charge in [0.2, 0.25) is 0 Å². The minimum absolute atomic E-state index is 0.0570. The Morgan fingerprint density at radius 2 is 2.21 bits per heavy atom. The van der Waals surface area contributed by atoms with E-state index in [0.29, 0.717) is 16.0 Å². The third-order valence-electron chi connectivity index (χ3n) is 4.36. The number of halogens is 2. The van der Waals surface area contributed by atoms with Gasteiger partial charge in [-0.05, 0) is 63.9 Å². The van der Waals surface area contributed by atoms with Gasteiger partial charge in [0.15, 0.2) is 5.96 Å². The lowest BCUT2D eigenvalue weighted by molar-refractivity contribution is 0.214. The van der Waals surface area contributed by atoms with Crippen LogP contribution in [0.2, 0.25) is 10.0 Å². The van der Waals surface area contributed by atoms with Crippen LogP contribution in [0.5, 0.6) is 0 Å². The van der Waals surface area contributed by atoms with Crippen LogP contribution in [0.4, 0.5) is 0 Å². The third kappa shape index (κ3) is 5.83. The summed E-state index contributed by atoms with van der Waals surface area (Å²) < 4.78 is 0. The predicted octanol–water partition coefficient (Wildman–Crippen LogP) is 3.95. The second-order valence-electron chi connectivity index (χ2n) is 6.52. The number of aliphatic imine (C=N–C) groups is 1. The van der Waals surface area contributed by atoms with Crippen LogP contribution in [0.15, 0.2) is 23.2 Å². The second-order valence-corrected chi connectivity index (χ2v) is 7.37. The molecule has 2 N–H and O–H groups in total. The summed E-state index contributed by atoms with van der Waals surface area (Å²) in [5.74, 6) is 1.47. The van der Waals surface area contributed by atoms with Crippen LogP contribution in [-0.2, 0) is 0 Å². The molecule has 4 nitrogen and oxygen atoms in total. The Bertz CT molecular complexity index is 562. The third-order valence-corrected chi connectivity index (χ3v) is 4.92. The van der Waals surface area contributed by atoms with E-state index < -0.39 is 0 Å². The highest BCUT2D eigenvalue weighted by Crippen LogP contribution is 2.26. The summed E-state index contributed by atoms with van der Waals surface area (Å²) in [7, 11) is 2.18. The maximum atomic E-state index is 6.31. The molecule has 1 aliphatic rings. The van der Waals surface area contributed by atoms with Crippen LogP contribution in [0.25, 0.3) is 0 Å². The number of hydrogen-bond donors (Lipinski definition) is 2. The van der Waals surface area contributed by atoms with Crippen molar-refractivity contribution in [1.29, 1.82) is 0 Å². The monoisotopic (exact) mass is 370 g/mol. The molecule has 134 valence electrons. The van der Waals surface area contributed by atoms with Gasteiger partial charge in [-0.25, -0.2) is 0 Å². The molecule has 1 aliphatic heterocycles. The number of likely N-dealkylation sites (tertiary alicyclic amines) is 1. The van der Waals surface area contributed by atoms with Crippen LogP contribution >= 0.6 is 23.2 Å². The standard InChI is InChI=1S/C18H28Cl2N4/c1-4-21-18(22-11-14-6-5-9-24(3)12-14)23-13(2)16-8-7-15(19)10-17(16)20/h7-8,10,13-14H,4-6,9,11-12H2,1-3H3,(H2,21,22,23). The molecule has 0 spiro atoms. The van der Waals surface area contributed by atoms with E-state index in [0.717, 1.165) is 31.2 Å². The Morgan fingerprint density at radius 1 is 1.42 bits per heavy atom. The number of hydrogen-bond acceptors (Lipinski definition) is 2. The van der Waals surface area contributed by atoms with Crippen molar-refractivity contribution in [1.82, 2.24) is 15.5 Å². The molecule has 0 amide bonds. The first-order valence-corrected chi connectivity index (χ1v) is 9.43. The Labute approximate surface area is 155 Å². The van der Waals surface area contributed by atoms with E-state index in [9.17, 15) is 0 Å². The molecule has 0 aromatic heterocycles. The Morgan fingerprint density at radius 3 is 2.88 bits per heavy atom. The zero-order valence-corrected chi connectivity index (χ0v) is 16.3. The predicted molar refractivity (Wildman–Crippen MR) is 104 cm³/mol. The van der Waals surface area contributed by atoms with E-state index in [1.165, 1.54) is 19.4 Å². The molecule has 0 saturated carbocycles. The molecule has 2 unspecified atom stereocenters. The number of nitrogens with one attached hydrogen (secondary N) is 2. The SMILES string of the molecule is CCNC(=NCC1CCCN(C)C1)NC(C)c1ccc(Cl)cc1Cl. The van der Waals surface area contributed by atoms with Crippen LogP contribution < -0.4 is 10.6 Å². The van der Waals surface area contributed by atoms with Gasteiger partial charge in [0, 0.05) is 29.7 Å². The summed E-state index contributed by atoms with van der Waals surface area (Å²) >= 11 is 12.3. The molecule has 2 rings (SSSR count). The number of benzene rings is 1. The Kier molecular flexibility index (Phi) is 7.66. The first-order valence-electron chi connectivity index (χ1n) is 8.68. The first-order chi connectivity index (χ1) is 11.5. The highest BCUT2D eigenvalue weighted by molar-refractivity contribution is 6.35. The molecular formula is C18H28Cl2N4. The summed E-state index contributed by atoms with van der Waals surface area (Å²) in [6.07, 6.45) is 2.52. The molecule has 24 heavy (non-hydrogen) atoms. The fraction of sp³-hybridized carbons (Fsp3) is 0.611. The maximum absolute atomic E-state index is 6.31. The lowest BCUT2D eigenvalue weighted by Gasteiger charge is -2.29. The van der Waals surface area contributed by atoms with Crippen LogP contribution in [0, 0.1) is 5.92 Å². The highest BCUT2D eigenvalue weighted by Gasteiger charge is 2.17. The van der Waals surface area contributed by atoms with Gasteiger partial charge < -0.3 is 15.5 Å². The van der Waals surface area contributed by atoms with Crippen LogP contribution in [0.3, 0.4) is 0 Å². The lowest BCUT2D eigenvalue weighted by atomic mass is 9.99. The van der Waals surface area contributed by atoms with Crippen molar-refractivity contribution in [2.45, 2.75) is 32.7 Å². The summed E-state index contributed by atoms with van der Waals surface area (Å²) in [5.41, 5.74) is 1.02. The Hall–Kier alpha value is -0.970. The maximum Gasteiger partial charge on any atom is 0.191 e. The summed E-state index contributed by atoms with van der Waals surface area (Å²) in [5, 5.41) is 8.09. The molecule has 1 heterocycles. The zero-order valence-electron chi connectivity index (χ0n) is 14.8. The first kappa shape index (κ1) is 19.4. The van der Waals surface area contributed by atoms with Crippen molar-refractivity contribution >= 4 is 29.2 Å². The van der Waals surface area contributed by atoms with Gasteiger partial charge in [0.1, 0.15) is 0 Å². The fourth-order valence-electron chi connectivity index (χ4n) is 3.10. The van der Waals surface area contributed by atoms with E-state index in [2.05, 4.69) is 36.4 Å². The molecule has 2 atom stereocenters. The minimum Gasteiger partial charge on any atom is -0.357 e. The van der Waals surface area contributed by atoms with Crippen molar-refractivity contribution < 1.29 is 0 Å². The van der Waals surface area contributed by atoms with E-state index in [4.69, 9.17) is 28.2 Å². The number of rotatable bonds is 5. The van der Waals surface area contributed by atoms with Crippen molar-refractivity contribution in [3.05, 3.63) is 33.8 Å². The number of nitrogens with zero attached hydrogens (tertiary/aromatic N) is 2. The van der Waals surface area contributed by atoms with Gasteiger partial charge in [-0.1, -0.05) is 29.3 Å². The highest BCUT2D eigenvalue weighted by atomic mass is 35.5. The minimum atomic E-state index is 0.0570. The largest absolute Gasteiger partial charge is 0.357 e. The quantitative estimate of drug-likeness (QED) is 0.608. The van der Waals surface area contributed by atoms with Crippen LogP contribution in [-0.4, -0.2) is 44.1 Å². The zero-order chi connectivity index (χ0) is 17.5. The molecule has 0 bridgehead atoms. The van der Waals surface area contributed by atoms with Gasteiger partial charge in [-0.2, -0.15) is 0 Å². The average Bonchev–Trinajstić information content (AvgIpc) is 2.52. The molecule has 1 aromatic rings. The van der Waals surface area contributed by atoms with Gasteiger partial charge in [0.25, 0.3) is 0 Å².